The van der Waals surface area contributed by atoms with E-state index in [0.717, 1.165) is 37.4 Å². The predicted molar refractivity (Wildman–Crippen MR) is 115 cm³/mol. The first kappa shape index (κ1) is 21.3. The summed E-state index contributed by atoms with van der Waals surface area (Å²) in [7, 11) is 0. The first-order valence-electron chi connectivity index (χ1n) is 9.44. The molecule has 8 heteroatoms. The molecule has 0 aliphatic carbocycles. The number of ketones is 1. The van der Waals surface area contributed by atoms with Crippen molar-refractivity contribution >= 4 is 39.6 Å². The molecule has 1 aliphatic heterocycles. The molecule has 1 aliphatic rings. The number of fused-ring (bicyclic) bond motifs is 1. The van der Waals surface area contributed by atoms with Gasteiger partial charge in [0, 0.05) is 37.8 Å². The number of benzene rings is 2. The van der Waals surface area contributed by atoms with Crippen molar-refractivity contribution in [2.45, 2.75) is 19.4 Å². The summed E-state index contributed by atoms with van der Waals surface area (Å²) in [6.45, 7) is 4.87. The molecule has 4 rings (SSSR count). The highest BCUT2D eigenvalue weighted by atomic mass is 79.9. The van der Waals surface area contributed by atoms with Crippen LogP contribution in [0.2, 0.25) is 0 Å². The van der Waals surface area contributed by atoms with Gasteiger partial charge in [-0.05, 0) is 42.8 Å². The minimum absolute atomic E-state index is 0. The maximum Gasteiger partial charge on any atom is 0.180 e. The fourth-order valence-corrected chi connectivity index (χ4v) is 3.80. The zero-order chi connectivity index (χ0) is 19.7. The van der Waals surface area contributed by atoms with Crippen LogP contribution >= 0.6 is 17.0 Å². The average molecular weight is 464 g/mol. The Morgan fingerprint density at radius 3 is 2.52 bits per heavy atom. The van der Waals surface area contributed by atoms with Crippen LogP contribution in [0.15, 0.2) is 47.0 Å². The van der Waals surface area contributed by atoms with Gasteiger partial charge in [0.05, 0.1) is 11.4 Å². The Hall–Kier alpha value is -2.45. The molecule has 1 fully saturated rings. The molecule has 2 aromatic carbocycles. The van der Waals surface area contributed by atoms with E-state index in [0.29, 0.717) is 17.6 Å². The lowest BCUT2D eigenvalue weighted by Gasteiger charge is -2.38. The van der Waals surface area contributed by atoms with E-state index in [1.807, 2.05) is 6.92 Å². The van der Waals surface area contributed by atoms with Crippen molar-refractivity contribution in [1.82, 2.24) is 10.1 Å². The minimum atomic E-state index is -0.341. The number of hydrogen-bond donors (Lipinski definition) is 1. The van der Waals surface area contributed by atoms with Gasteiger partial charge in [-0.2, -0.15) is 0 Å². The van der Waals surface area contributed by atoms with Gasteiger partial charge in [0.1, 0.15) is 11.6 Å². The zero-order valence-corrected chi connectivity index (χ0v) is 17.8. The molecule has 1 N–H and O–H groups in total. The van der Waals surface area contributed by atoms with Gasteiger partial charge >= 0.3 is 0 Å². The summed E-state index contributed by atoms with van der Waals surface area (Å²) in [6, 6.07) is 10.5. The quantitative estimate of drug-likeness (QED) is 0.575. The van der Waals surface area contributed by atoms with Crippen LogP contribution in [-0.4, -0.2) is 53.2 Å². The van der Waals surface area contributed by atoms with E-state index in [2.05, 4.69) is 15.0 Å². The van der Waals surface area contributed by atoms with E-state index in [1.54, 1.807) is 30.3 Å². The molecule has 0 bridgehead atoms. The second-order valence-electron chi connectivity index (χ2n) is 7.00. The van der Waals surface area contributed by atoms with Gasteiger partial charge in [-0.1, -0.05) is 12.1 Å². The van der Waals surface area contributed by atoms with Gasteiger partial charge in [0.25, 0.3) is 0 Å². The number of hydrogen-bond acceptors (Lipinski definition) is 6. The van der Waals surface area contributed by atoms with Crippen LogP contribution in [0.5, 0.6) is 5.75 Å². The molecule has 0 spiro atoms. The van der Waals surface area contributed by atoms with Gasteiger partial charge < -0.3 is 14.5 Å². The normalized spacial score (nSPS) is 15.9. The summed E-state index contributed by atoms with van der Waals surface area (Å²) in [6.07, 6.45) is 0.697. The third-order valence-corrected chi connectivity index (χ3v) is 5.31. The van der Waals surface area contributed by atoms with Crippen LogP contribution in [0.4, 0.5) is 10.2 Å². The summed E-state index contributed by atoms with van der Waals surface area (Å²) < 4.78 is 18.5. The molecule has 1 atom stereocenters. The van der Waals surface area contributed by atoms with Crippen LogP contribution in [-0.2, 0) is 0 Å². The van der Waals surface area contributed by atoms with E-state index in [-0.39, 0.29) is 40.4 Å². The number of rotatable bonds is 5. The first-order valence-corrected chi connectivity index (χ1v) is 9.44. The standard InChI is InChI=1S/C21H22FN3O3.BrH/c1-2-18(20(27)14-3-5-15(22)6-4-14)24-9-11-25(12-10-24)21-17-8-7-16(26)13-19(17)28-23-21;/h3-8,13,18,26H,2,9-12H2,1H3;1H. The van der Waals surface area contributed by atoms with Crippen LogP contribution in [0, 0.1) is 5.82 Å². The van der Waals surface area contributed by atoms with Crippen molar-refractivity contribution in [2.24, 2.45) is 0 Å². The lowest BCUT2D eigenvalue weighted by molar-refractivity contribution is 0.0800. The number of anilines is 1. The van der Waals surface area contributed by atoms with Crippen LogP contribution in [0.25, 0.3) is 11.0 Å². The number of phenols is 1. The Morgan fingerprint density at radius 2 is 1.86 bits per heavy atom. The van der Waals surface area contributed by atoms with Crippen molar-refractivity contribution in [3.05, 3.63) is 53.8 Å². The van der Waals surface area contributed by atoms with Crippen molar-refractivity contribution in [2.75, 3.05) is 31.1 Å². The summed E-state index contributed by atoms with van der Waals surface area (Å²) >= 11 is 0. The Balaban J connectivity index is 0.00000240. The summed E-state index contributed by atoms with van der Waals surface area (Å²) in [5, 5.41) is 14.6. The number of nitrogens with zero attached hydrogens (tertiary/aromatic N) is 3. The van der Waals surface area contributed by atoms with E-state index in [1.165, 1.54) is 12.1 Å². The van der Waals surface area contributed by atoms with Gasteiger partial charge in [-0.3, -0.25) is 9.69 Å². The van der Waals surface area contributed by atoms with Crippen molar-refractivity contribution < 1.29 is 18.8 Å². The topological polar surface area (TPSA) is 69.8 Å². The predicted octanol–water partition coefficient (Wildman–Crippen LogP) is 4.03. The van der Waals surface area contributed by atoms with Crippen LogP contribution in [0.1, 0.15) is 23.7 Å². The number of carbonyl (C=O) groups excluding carboxylic acids is 1. The fourth-order valence-electron chi connectivity index (χ4n) is 3.80. The second kappa shape index (κ2) is 8.92. The molecule has 0 amide bonds. The lowest BCUT2D eigenvalue weighted by Crippen LogP contribution is -2.52. The molecule has 29 heavy (non-hydrogen) atoms. The number of phenolic OH excluding ortho intramolecular Hbond substituents is 1. The minimum Gasteiger partial charge on any atom is -0.508 e. The Labute approximate surface area is 178 Å². The molecule has 0 saturated carbocycles. The molecule has 1 saturated heterocycles. The van der Waals surface area contributed by atoms with E-state index in [4.69, 9.17) is 4.52 Å². The Bertz CT molecular complexity index is 985. The van der Waals surface area contributed by atoms with Gasteiger partial charge in [0.15, 0.2) is 17.2 Å². The fraction of sp³-hybridized carbons (Fsp3) is 0.333. The highest BCUT2D eigenvalue weighted by Crippen LogP contribution is 2.29. The third kappa shape index (κ3) is 4.28. The number of aromatic hydroxyl groups is 1. The number of aromatic nitrogens is 1. The molecule has 0 radical (unpaired) electrons. The van der Waals surface area contributed by atoms with Crippen molar-refractivity contribution in [3.8, 4) is 5.75 Å². The van der Waals surface area contributed by atoms with Gasteiger partial charge in [-0.25, -0.2) is 4.39 Å². The van der Waals surface area contributed by atoms with Crippen molar-refractivity contribution in [1.29, 1.82) is 0 Å². The van der Waals surface area contributed by atoms with E-state index in [9.17, 15) is 14.3 Å². The van der Waals surface area contributed by atoms with Crippen LogP contribution < -0.4 is 4.90 Å². The SMILES string of the molecule is Br.CCC(C(=O)c1ccc(F)cc1)N1CCN(c2noc3cc(O)ccc23)CC1. The van der Waals surface area contributed by atoms with E-state index >= 15 is 0 Å². The monoisotopic (exact) mass is 463 g/mol. The number of piperazine rings is 1. The highest BCUT2D eigenvalue weighted by molar-refractivity contribution is 8.93. The highest BCUT2D eigenvalue weighted by Gasteiger charge is 2.29. The number of Topliss-reactive ketones (excluding diaryl/α,β-unsaturated/α-hetero) is 1. The maximum absolute atomic E-state index is 13.1. The lowest BCUT2D eigenvalue weighted by atomic mass is 10.00. The Kier molecular flexibility index (Phi) is 6.54. The molecule has 154 valence electrons. The number of carbonyl (C=O) groups is 1. The van der Waals surface area contributed by atoms with Crippen molar-refractivity contribution in [3.63, 3.8) is 0 Å². The van der Waals surface area contributed by atoms with E-state index < -0.39 is 0 Å². The van der Waals surface area contributed by atoms with Crippen LogP contribution in [0.3, 0.4) is 0 Å². The maximum atomic E-state index is 13.1. The zero-order valence-electron chi connectivity index (χ0n) is 16.0. The first-order chi connectivity index (χ1) is 13.6. The molecule has 6 nitrogen and oxygen atoms in total. The summed E-state index contributed by atoms with van der Waals surface area (Å²) in [5.41, 5.74) is 1.09. The number of halogens is 2. The molecule has 1 aromatic heterocycles. The Morgan fingerprint density at radius 1 is 1.17 bits per heavy atom. The smallest absolute Gasteiger partial charge is 0.180 e. The third-order valence-electron chi connectivity index (χ3n) is 5.31. The molecular weight excluding hydrogens is 441 g/mol. The van der Waals surface area contributed by atoms with Gasteiger partial charge in [-0.15, -0.1) is 17.0 Å². The largest absolute Gasteiger partial charge is 0.508 e. The molecule has 3 aromatic rings. The summed E-state index contributed by atoms with van der Waals surface area (Å²) in [4.78, 5) is 17.2. The second-order valence-corrected chi connectivity index (χ2v) is 7.00. The average Bonchev–Trinajstić information content (AvgIpc) is 3.12. The molecule has 2 heterocycles. The molecular formula is C21H23BrFN3O3. The van der Waals surface area contributed by atoms with Gasteiger partial charge in [0.2, 0.25) is 0 Å². The molecule has 1 unspecified atom stereocenters. The summed E-state index contributed by atoms with van der Waals surface area (Å²) in [5.74, 6) is 0.586.